The van der Waals surface area contributed by atoms with Gasteiger partial charge in [0.2, 0.25) is 0 Å². The fourth-order valence-corrected chi connectivity index (χ4v) is 4.26. The Balaban J connectivity index is 1.53. The van der Waals surface area contributed by atoms with Crippen molar-refractivity contribution < 1.29 is 4.42 Å². The smallest absolute Gasteiger partial charge is 0.170 e. The third kappa shape index (κ3) is 4.04. The first-order valence-electron chi connectivity index (χ1n) is 9.93. The highest BCUT2D eigenvalue weighted by Gasteiger charge is 2.41. The van der Waals surface area contributed by atoms with Crippen LogP contribution in [0.5, 0.6) is 0 Å². The van der Waals surface area contributed by atoms with E-state index in [2.05, 4.69) is 20.2 Å². The van der Waals surface area contributed by atoms with E-state index in [9.17, 15) is 0 Å². The number of benzene rings is 1. The molecule has 4 heterocycles. The predicted molar refractivity (Wildman–Crippen MR) is 124 cm³/mol. The second kappa shape index (κ2) is 8.49. The van der Waals surface area contributed by atoms with Crippen molar-refractivity contribution in [3.63, 3.8) is 0 Å². The van der Waals surface area contributed by atoms with Gasteiger partial charge in [0.1, 0.15) is 17.6 Å². The van der Waals surface area contributed by atoms with Crippen LogP contribution >= 0.6 is 23.8 Å². The minimum Gasteiger partial charge on any atom is -0.459 e. The van der Waals surface area contributed by atoms with Crippen molar-refractivity contribution in [1.82, 2.24) is 20.2 Å². The number of nitrogens with one attached hydrogen (secondary N) is 1. The second-order valence-electron chi connectivity index (χ2n) is 7.28. The number of hydrogen-bond donors (Lipinski definition) is 1. The van der Waals surface area contributed by atoms with Crippen molar-refractivity contribution in [3.8, 4) is 11.3 Å². The van der Waals surface area contributed by atoms with Gasteiger partial charge in [0.15, 0.2) is 5.11 Å². The van der Waals surface area contributed by atoms with Gasteiger partial charge in [-0.1, -0.05) is 23.7 Å². The standard InChI is InChI=1S/C24H19ClN4OS/c25-17-9-7-16(8-10-17)20-11-12-21(30-20)23-22(19-6-2-4-14-27-19)28-24(31)29(23)15-18-5-1-3-13-26-18/h1-14,22-23H,15H2,(H,28,31)/t22-,23+/m1/s1. The summed E-state index contributed by atoms with van der Waals surface area (Å²) in [6, 6.07) is 23.1. The minimum absolute atomic E-state index is 0.137. The number of rotatable bonds is 5. The van der Waals surface area contributed by atoms with Gasteiger partial charge < -0.3 is 14.6 Å². The van der Waals surface area contributed by atoms with Crippen LogP contribution in [0.4, 0.5) is 0 Å². The van der Waals surface area contributed by atoms with Gasteiger partial charge in [-0.05, 0) is 72.9 Å². The highest BCUT2D eigenvalue weighted by Crippen LogP contribution is 2.41. The number of furan rings is 1. The van der Waals surface area contributed by atoms with Crippen molar-refractivity contribution in [2.24, 2.45) is 0 Å². The van der Waals surface area contributed by atoms with Crippen LogP contribution < -0.4 is 5.32 Å². The van der Waals surface area contributed by atoms with Gasteiger partial charge in [0, 0.05) is 23.0 Å². The minimum atomic E-state index is -0.162. The molecule has 5 rings (SSSR count). The van der Waals surface area contributed by atoms with Crippen LogP contribution in [0.25, 0.3) is 11.3 Å². The predicted octanol–water partition coefficient (Wildman–Crippen LogP) is 5.56. The van der Waals surface area contributed by atoms with Crippen LogP contribution in [0.3, 0.4) is 0 Å². The maximum atomic E-state index is 6.33. The fourth-order valence-electron chi connectivity index (χ4n) is 3.83. The summed E-state index contributed by atoms with van der Waals surface area (Å²) < 4.78 is 6.33. The summed E-state index contributed by atoms with van der Waals surface area (Å²) in [5.41, 5.74) is 2.81. The lowest BCUT2D eigenvalue weighted by atomic mass is 10.0. The molecule has 0 amide bonds. The van der Waals surface area contributed by atoms with E-state index in [0.717, 1.165) is 28.5 Å². The van der Waals surface area contributed by atoms with Gasteiger partial charge in [-0.3, -0.25) is 9.97 Å². The molecule has 0 spiro atoms. The molecule has 5 nitrogen and oxygen atoms in total. The first-order chi connectivity index (χ1) is 15.2. The maximum Gasteiger partial charge on any atom is 0.170 e. The van der Waals surface area contributed by atoms with E-state index in [0.29, 0.717) is 16.7 Å². The van der Waals surface area contributed by atoms with Crippen molar-refractivity contribution in [1.29, 1.82) is 0 Å². The largest absolute Gasteiger partial charge is 0.459 e. The zero-order valence-corrected chi connectivity index (χ0v) is 18.1. The van der Waals surface area contributed by atoms with E-state index in [-0.39, 0.29) is 12.1 Å². The third-order valence-corrected chi connectivity index (χ3v) is 5.91. The van der Waals surface area contributed by atoms with E-state index in [1.165, 1.54) is 0 Å². The van der Waals surface area contributed by atoms with Gasteiger partial charge in [-0.15, -0.1) is 0 Å². The Morgan fingerprint density at radius 3 is 2.42 bits per heavy atom. The van der Waals surface area contributed by atoms with Crippen molar-refractivity contribution in [2.75, 3.05) is 0 Å². The fraction of sp³-hybridized carbons (Fsp3) is 0.125. The van der Waals surface area contributed by atoms with E-state index in [4.69, 9.17) is 28.2 Å². The molecule has 0 radical (unpaired) electrons. The molecular formula is C24H19ClN4OS. The first-order valence-corrected chi connectivity index (χ1v) is 10.7. The molecule has 0 unspecified atom stereocenters. The summed E-state index contributed by atoms with van der Waals surface area (Å²) in [6.45, 7) is 0.567. The summed E-state index contributed by atoms with van der Waals surface area (Å²) in [7, 11) is 0. The van der Waals surface area contributed by atoms with Crippen molar-refractivity contribution in [2.45, 2.75) is 18.6 Å². The average molecular weight is 447 g/mol. The van der Waals surface area contributed by atoms with E-state index < -0.39 is 0 Å². The molecule has 1 N–H and O–H groups in total. The van der Waals surface area contributed by atoms with Crippen LogP contribution in [0.1, 0.15) is 29.2 Å². The molecule has 154 valence electrons. The second-order valence-corrected chi connectivity index (χ2v) is 8.11. The Morgan fingerprint density at radius 2 is 1.71 bits per heavy atom. The summed E-state index contributed by atoms with van der Waals surface area (Å²) >= 11 is 11.7. The average Bonchev–Trinajstić information content (AvgIpc) is 3.41. The monoisotopic (exact) mass is 446 g/mol. The highest BCUT2D eigenvalue weighted by molar-refractivity contribution is 7.80. The number of thiocarbonyl (C=S) groups is 1. The summed E-state index contributed by atoms with van der Waals surface area (Å²) in [6.07, 6.45) is 3.58. The molecule has 0 aliphatic carbocycles. The molecule has 1 saturated heterocycles. The van der Waals surface area contributed by atoms with Gasteiger partial charge in [0.25, 0.3) is 0 Å². The molecule has 7 heteroatoms. The SMILES string of the molecule is S=C1N[C@H](c2ccccn2)[C@H](c2ccc(-c3ccc(Cl)cc3)o2)N1Cc1ccccn1. The Morgan fingerprint density at radius 1 is 0.935 bits per heavy atom. The molecule has 4 aromatic rings. The normalized spacial score (nSPS) is 18.2. The number of pyridine rings is 2. The van der Waals surface area contributed by atoms with Crippen LogP contribution in [0.2, 0.25) is 5.02 Å². The van der Waals surface area contributed by atoms with Gasteiger partial charge in [0.05, 0.1) is 24.0 Å². The maximum absolute atomic E-state index is 6.33. The molecule has 31 heavy (non-hydrogen) atoms. The molecule has 0 bridgehead atoms. The van der Waals surface area contributed by atoms with Gasteiger partial charge >= 0.3 is 0 Å². The van der Waals surface area contributed by atoms with Crippen LogP contribution in [0, 0.1) is 0 Å². The molecule has 0 saturated carbocycles. The Kier molecular flexibility index (Phi) is 5.40. The summed E-state index contributed by atoms with van der Waals surface area (Å²) in [5, 5.41) is 4.78. The molecule has 2 atom stereocenters. The Hall–Kier alpha value is -3.22. The molecule has 1 aliphatic rings. The molecule has 3 aromatic heterocycles. The molecule has 1 aromatic carbocycles. The molecule has 1 fully saturated rings. The lowest BCUT2D eigenvalue weighted by Gasteiger charge is -2.25. The topological polar surface area (TPSA) is 54.2 Å². The van der Waals surface area contributed by atoms with Crippen LogP contribution in [-0.2, 0) is 6.54 Å². The lowest BCUT2D eigenvalue weighted by Crippen LogP contribution is -2.29. The molecule has 1 aliphatic heterocycles. The van der Waals surface area contributed by atoms with Crippen molar-refractivity contribution in [3.05, 3.63) is 107 Å². The zero-order valence-electron chi connectivity index (χ0n) is 16.5. The number of halogens is 1. The van der Waals surface area contributed by atoms with E-state index >= 15 is 0 Å². The summed E-state index contributed by atoms with van der Waals surface area (Å²) in [5.74, 6) is 1.59. The van der Waals surface area contributed by atoms with Crippen molar-refractivity contribution >= 4 is 28.9 Å². The van der Waals surface area contributed by atoms with Crippen LogP contribution in [-0.4, -0.2) is 20.0 Å². The third-order valence-electron chi connectivity index (χ3n) is 5.30. The Labute approximate surface area is 190 Å². The molecular weight excluding hydrogens is 428 g/mol. The summed E-state index contributed by atoms with van der Waals surface area (Å²) in [4.78, 5) is 11.2. The van der Waals surface area contributed by atoms with Crippen LogP contribution in [0.15, 0.2) is 89.6 Å². The van der Waals surface area contributed by atoms with Gasteiger partial charge in [-0.2, -0.15) is 0 Å². The number of hydrogen-bond acceptors (Lipinski definition) is 4. The van der Waals surface area contributed by atoms with Gasteiger partial charge in [-0.25, -0.2) is 0 Å². The first kappa shape index (κ1) is 19.7. The van der Waals surface area contributed by atoms with E-state index in [1.807, 2.05) is 72.8 Å². The quantitative estimate of drug-likeness (QED) is 0.405. The highest BCUT2D eigenvalue weighted by atomic mass is 35.5. The van der Waals surface area contributed by atoms with E-state index in [1.54, 1.807) is 12.4 Å². The lowest BCUT2D eigenvalue weighted by molar-refractivity contribution is 0.267. The number of aromatic nitrogens is 2. The number of nitrogens with zero attached hydrogens (tertiary/aromatic N) is 3. The Bertz CT molecular complexity index is 1180. The zero-order chi connectivity index (χ0) is 21.2.